The zero-order valence-corrected chi connectivity index (χ0v) is 12.8. The van der Waals surface area contributed by atoms with Crippen molar-refractivity contribution in [1.29, 1.82) is 0 Å². The molecule has 0 aliphatic heterocycles. The first-order valence-corrected chi connectivity index (χ1v) is 7.75. The molecule has 0 saturated carbocycles. The number of aromatic nitrogens is 3. The Morgan fingerprint density at radius 3 is 2.57 bits per heavy atom. The maximum Gasteiger partial charge on any atom is 0.191 e. The van der Waals surface area contributed by atoms with E-state index in [4.69, 9.17) is 0 Å². The molecule has 0 bridgehead atoms. The van der Waals surface area contributed by atoms with Crippen LogP contribution in [0.4, 0.5) is 5.82 Å². The molecule has 0 saturated heterocycles. The molecule has 2 aromatic heterocycles. The highest BCUT2D eigenvalue weighted by molar-refractivity contribution is 7.13. The van der Waals surface area contributed by atoms with Crippen LogP contribution >= 0.6 is 11.3 Å². The highest BCUT2D eigenvalue weighted by Gasteiger charge is 2.11. The van der Waals surface area contributed by atoms with Gasteiger partial charge in [-0.1, -0.05) is 30.3 Å². The van der Waals surface area contributed by atoms with E-state index in [9.17, 15) is 0 Å². The first-order chi connectivity index (χ1) is 10.3. The third kappa shape index (κ3) is 3.08. The molecular formula is C16H16N4S. The Morgan fingerprint density at radius 2 is 1.90 bits per heavy atom. The van der Waals surface area contributed by atoms with Gasteiger partial charge < -0.3 is 5.32 Å². The average Bonchev–Trinajstić information content (AvgIpc) is 2.95. The number of benzene rings is 1. The Balaban J connectivity index is 2.10. The molecule has 0 atom stereocenters. The lowest BCUT2D eigenvalue weighted by Gasteiger charge is -2.08. The van der Waals surface area contributed by atoms with Gasteiger partial charge in [0.1, 0.15) is 5.82 Å². The molecule has 0 amide bonds. The van der Waals surface area contributed by atoms with Gasteiger partial charge in [0.25, 0.3) is 0 Å². The van der Waals surface area contributed by atoms with Crippen molar-refractivity contribution in [3.8, 4) is 22.1 Å². The van der Waals surface area contributed by atoms with Crippen LogP contribution in [0.15, 0.2) is 41.8 Å². The largest absolute Gasteiger partial charge is 0.370 e. The van der Waals surface area contributed by atoms with Gasteiger partial charge in [-0.15, -0.1) is 11.3 Å². The Bertz CT molecular complexity index is 737. The summed E-state index contributed by atoms with van der Waals surface area (Å²) in [6.45, 7) is 4.85. The number of nitrogens with one attached hydrogen (secondary N) is 1. The van der Waals surface area contributed by atoms with Crippen molar-refractivity contribution >= 4 is 17.2 Å². The highest BCUT2D eigenvalue weighted by atomic mass is 32.1. The van der Waals surface area contributed by atoms with E-state index in [0.29, 0.717) is 5.82 Å². The Hall–Kier alpha value is -2.27. The van der Waals surface area contributed by atoms with Crippen molar-refractivity contribution in [2.24, 2.45) is 0 Å². The van der Waals surface area contributed by atoms with Crippen LogP contribution in [-0.4, -0.2) is 21.5 Å². The second-order valence-electron chi connectivity index (χ2n) is 4.65. The first-order valence-electron chi connectivity index (χ1n) is 6.87. The van der Waals surface area contributed by atoms with Crippen LogP contribution < -0.4 is 5.32 Å². The second kappa shape index (κ2) is 6.01. The molecule has 3 aromatic rings. The van der Waals surface area contributed by atoms with E-state index >= 15 is 0 Å². The number of nitrogens with zero attached hydrogens (tertiary/aromatic N) is 3. The van der Waals surface area contributed by atoms with Crippen LogP contribution in [0.5, 0.6) is 0 Å². The van der Waals surface area contributed by atoms with Crippen LogP contribution in [0.2, 0.25) is 0 Å². The summed E-state index contributed by atoms with van der Waals surface area (Å²) in [5.74, 6) is 1.50. The van der Waals surface area contributed by atoms with Crippen LogP contribution in [0.25, 0.3) is 22.1 Å². The van der Waals surface area contributed by atoms with E-state index in [-0.39, 0.29) is 0 Å². The summed E-state index contributed by atoms with van der Waals surface area (Å²) in [6.07, 6.45) is 0. The molecule has 106 valence electrons. The van der Waals surface area contributed by atoms with Gasteiger partial charge in [-0.3, -0.25) is 0 Å². The number of rotatable bonds is 4. The van der Waals surface area contributed by atoms with Crippen molar-refractivity contribution < 1.29 is 0 Å². The van der Waals surface area contributed by atoms with Crippen molar-refractivity contribution in [3.05, 3.63) is 47.5 Å². The monoisotopic (exact) mass is 296 g/mol. The van der Waals surface area contributed by atoms with Gasteiger partial charge in [-0.2, -0.15) is 0 Å². The predicted molar refractivity (Wildman–Crippen MR) is 87.5 cm³/mol. The molecular weight excluding hydrogens is 280 g/mol. The molecule has 0 spiro atoms. The lowest BCUT2D eigenvalue weighted by atomic mass is 10.1. The molecule has 0 aliphatic rings. The fourth-order valence-electron chi connectivity index (χ4n) is 2.03. The molecule has 0 fully saturated rings. The van der Waals surface area contributed by atoms with Gasteiger partial charge in [0.05, 0.1) is 5.69 Å². The summed E-state index contributed by atoms with van der Waals surface area (Å²) >= 11 is 1.57. The summed E-state index contributed by atoms with van der Waals surface area (Å²) in [5.41, 5.74) is 2.98. The van der Waals surface area contributed by atoms with E-state index in [1.165, 1.54) is 0 Å². The topological polar surface area (TPSA) is 50.7 Å². The number of hydrogen-bond acceptors (Lipinski definition) is 5. The van der Waals surface area contributed by atoms with Gasteiger partial charge in [-0.25, -0.2) is 15.0 Å². The van der Waals surface area contributed by atoms with Gasteiger partial charge in [0.15, 0.2) is 10.8 Å². The molecule has 1 N–H and O–H groups in total. The zero-order valence-electron chi connectivity index (χ0n) is 12.0. The minimum atomic E-state index is 0.672. The first kappa shape index (κ1) is 13.7. The lowest BCUT2D eigenvalue weighted by molar-refractivity contribution is 1.11. The molecule has 21 heavy (non-hydrogen) atoms. The highest BCUT2D eigenvalue weighted by Crippen LogP contribution is 2.26. The molecule has 1 aromatic carbocycles. The quantitative estimate of drug-likeness (QED) is 0.790. The van der Waals surface area contributed by atoms with E-state index in [2.05, 4.69) is 39.3 Å². The summed E-state index contributed by atoms with van der Waals surface area (Å²) < 4.78 is 0. The fourth-order valence-corrected chi connectivity index (χ4v) is 2.76. The molecule has 3 rings (SSSR count). The predicted octanol–water partition coefficient (Wildman–Crippen LogP) is 4.01. The van der Waals surface area contributed by atoms with E-state index in [1.807, 2.05) is 36.6 Å². The van der Waals surface area contributed by atoms with Crippen molar-refractivity contribution in [1.82, 2.24) is 15.0 Å². The average molecular weight is 296 g/mol. The van der Waals surface area contributed by atoms with Crippen molar-refractivity contribution in [3.63, 3.8) is 0 Å². The number of thiazole rings is 1. The minimum absolute atomic E-state index is 0.672. The maximum atomic E-state index is 4.67. The van der Waals surface area contributed by atoms with Gasteiger partial charge >= 0.3 is 0 Å². The summed E-state index contributed by atoms with van der Waals surface area (Å²) in [4.78, 5) is 13.7. The third-order valence-corrected chi connectivity index (χ3v) is 3.92. The van der Waals surface area contributed by atoms with E-state index in [1.54, 1.807) is 11.3 Å². The zero-order chi connectivity index (χ0) is 14.7. The van der Waals surface area contributed by atoms with E-state index < -0.39 is 0 Å². The number of aryl methyl sites for hydroxylation is 1. The SMILES string of the molecule is CCNc1cc(-c2ccccc2)nc(-c2nc(C)cs2)n1. The number of anilines is 1. The van der Waals surface area contributed by atoms with Gasteiger partial charge in [0, 0.05) is 29.2 Å². The minimum Gasteiger partial charge on any atom is -0.370 e. The molecule has 0 unspecified atom stereocenters. The summed E-state index contributed by atoms with van der Waals surface area (Å²) in [7, 11) is 0. The second-order valence-corrected chi connectivity index (χ2v) is 5.51. The molecule has 4 nitrogen and oxygen atoms in total. The van der Waals surface area contributed by atoms with Crippen LogP contribution in [0, 0.1) is 6.92 Å². The van der Waals surface area contributed by atoms with Gasteiger partial charge in [0.2, 0.25) is 0 Å². The fraction of sp³-hybridized carbons (Fsp3) is 0.188. The Labute approximate surface area is 127 Å². The molecule has 2 heterocycles. The standard InChI is InChI=1S/C16H16N4S/c1-3-17-14-9-13(12-7-5-4-6-8-12)19-15(20-14)16-18-11(2)10-21-16/h4-10H,3H2,1-2H3,(H,17,19,20). The van der Waals surface area contributed by atoms with Gasteiger partial charge in [-0.05, 0) is 13.8 Å². The molecule has 5 heteroatoms. The smallest absolute Gasteiger partial charge is 0.191 e. The lowest BCUT2D eigenvalue weighted by Crippen LogP contribution is -2.02. The van der Waals surface area contributed by atoms with Crippen molar-refractivity contribution in [2.45, 2.75) is 13.8 Å². The Morgan fingerprint density at radius 1 is 1.10 bits per heavy atom. The van der Waals surface area contributed by atoms with Crippen LogP contribution in [0.1, 0.15) is 12.6 Å². The Kier molecular flexibility index (Phi) is 3.92. The van der Waals surface area contributed by atoms with Crippen molar-refractivity contribution in [2.75, 3.05) is 11.9 Å². The number of hydrogen-bond donors (Lipinski definition) is 1. The maximum absolute atomic E-state index is 4.67. The van der Waals surface area contributed by atoms with Crippen LogP contribution in [0.3, 0.4) is 0 Å². The van der Waals surface area contributed by atoms with E-state index in [0.717, 1.165) is 34.3 Å². The molecule has 0 radical (unpaired) electrons. The third-order valence-electron chi connectivity index (χ3n) is 2.96. The molecule has 0 aliphatic carbocycles. The van der Waals surface area contributed by atoms with Crippen LogP contribution in [-0.2, 0) is 0 Å². The summed E-state index contributed by atoms with van der Waals surface area (Å²) in [5, 5.41) is 6.13. The summed E-state index contributed by atoms with van der Waals surface area (Å²) in [6, 6.07) is 12.1. The normalized spacial score (nSPS) is 10.6.